The summed E-state index contributed by atoms with van der Waals surface area (Å²) in [5.41, 5.74) is 1.05. The Bertz CT molecular complexity index is 665. The molecular formula is C21H34Cl2N2O5. The second kappa shape index (κ2) is 13.1. The van der Waals surface area contributed by atoms with Gasteiger partial charge in [-0.05, 0) is 31.2 Å². The van der Waals surface area contributed by atoms with Crippen LogP contribution in [0, 0.1) is 5.92 Å². The summed E-state index contributed by atoms with van der Waals surface area (Å²) in [6, 6.07) is 3.92. The lowest BCUT2D eigenvalue weighted by molar-refractivity contribution is -0.137. The topological polar surface area (TPSA) is 71.5 Å². The third-order valence-electron chi connectivity index (χ3n) is 5.44. The van der Waals surface area contributed by atoms with Gasteiger partial charge >= 0.3 is 5.97 Å². The normalized spacial score (nSPS) is 16.9. The summed E-state index contributed by atoms with van der Waals surface area (Å²) < 4.78 is 16.9. The number of ether oxygens (including phenoxy) is 3. The molecule has 0 atom stereocenters. The van der Waals surface area contributed by atoms with Gasteiger partial charge in [-0.2, -0.15) is 0 Å². The van der Waals surface area contributed by atoms with Gasteiger partial charge in [-0.25, -0.2) is 0 Å². The van der Waals surface area contributed by atoms with E-state index < -0.39 is 5.97 Å². The Morgan fingerprint density at radius 2 is 1.70 bits per heavy atom. The maximum atomic E-state index is 10.8. The molecule has 2 fully saturated rings. The number of aliphatic carboxylic acids is 1. The zero-order valence-corrected chi connectivity index (χ0v) is 19.4. The average Bonchev–Trinajstić information content (AvgIpc) is 3.51. The number of nitrogens with zero attached hydrogens (tertiary/aromatic N) is 2. The summed E-state index contributed by atoms with van der Waals surface area (Å²) in [7, 11) is 3.20. The standard InChI is InChI=1S/C21H32N2O5.2ClH/c1-26-18-8-7-17(20(21(18)27-2)28-13-3-4-19(24)25)15-23-11-9-22(10-12-23)14-16-5-6-16;;/h7-8,16H,3-6,9-15H2,1-2H3,(H,24,25);2*1H. The number of carboxylic acid groups (broad SMARTS) is 1. The lowest BCUT2D eigenvalue weighted by atomic mass is 10.1. The van der Waals surface area contributed by atoms with E-state index in [1.54, 1.807) is 14.2 Å². The number of piperazine rings is 1. The van der Waals surface area contributed by atoms with Crippen LogP contribution in [0.2, 0.25) is 0 Å². The summed E-state index contributed by atoms with van der Waals surface area (Å²) in [6.45, 7) is 6.67. The summed E-state index contributed by atoms with van der Waals surface area (Å²) in [5.74, 6) is 1.97. The smallest absolute Gasteiger partial charge is 0.303 e. The van der Waals surface area contributed by atoms with E-state index in [4.69, 9.17) is 19.3 Å². The molecule has 0 spiro atoms. The summed E-state index contributed by atoms with van der Waals surface area (Å²) in [4.78, 5) is 15.8. The van der Waals surface area contributed by atoms with Crippen LogP contribution in [0.1, 0.15) is 31.2 Å². The highest BCUT2D eigenvalue weighted by molar-refractivity contribution is 5.85. The molecule has 0 unspecified atom stereocenters. The highest BCUT2D eigenvalue weighted by Crippen LogP contribution is 2.40. The molecule has 0 aromatic heterocycles. The lowest BCUT2D eigenvalue weighted by Crippen LogP contribution is -2.46. The SMILES string of the molecule is COc1ccc(CN2CCN(CC3CC3)CC2)c(OCCCC(=O)O)c1OC.Cl.Cl. The third-order valence-corrected chi connectivity index (χ3v) is 5.44. The Kier molecular flexibility index (Phi) is 11.6. The van der Waals surface area contributed by atoms with E-state index in [0.29, 0.717) is 30.3 Å². The van der Waals surface area contributed by atoms with Crippen LogP contribution < -0.4 is 14.2 Å². The number of carbonyl (C=O) groups is 1. The number of methoxy groups -OCH3 is 2. The van der Waals surface area contributed by atoms with E-state index >= 15 is 0 Å². The molecule has 1 aromatic rings. The molecule has 0 amide bonds. The van der Waals surface area contributed by atoms with Crippen LogP contribution in [0.25, 0.3) is 0 Å². The van der Waals surface area contributed by atoms with Crippen molar-refractivity contribution in [3.63, 3.8) is 0 Å². The van der Waals surface area contributed by atoms with Gasteiger partial charge in [0.15, 0.2) is 11.5 Å². The van der Waals surface area contributed by atoms with Crippen LogP contribution in [-0.2, 0) is 11.3 Å². The fraction of sp³-hybridized carbons (Fsp3) is 0.667. The van der Waals surface area contributed by atoms with Gasteiger partial charge < -0.3 is 24.2 Å². The van der Waals surface area contributed by atoms with Gasteiger partial charge in [0.2, 0.25) is 5.75 Å². The van der Waals surface area contributed by atoms with Gasteiger partial charge in [0.1, 0.15) is 0 Å². The van der Waals surface area contributed by atoms with Gasteiger partial charge in [-0.3, -0.25) is 9.69 Å². The Labute approximate surface area is 191 Å². The molecule has 0 bridgehead atoms. The zero-order chi connectivity index (χ0) is 19.9. The van der Waals surface area contributed by atoms with E-state index in [0.717, 1.165) is 44.2 Å². The molecule has 1 aromatic carbocycles. The molecule has 30 heavy (non-hydrogen) atoms. The van der Waals surface area contributed by atoms with E-state index in [-0.39, 0.29) is 31.2 Å². The van der Waals surface area contributed by atoms with Gasteiger partial charge in [0.25, 0.3) is 0 Å². The fourth-order valence-electron chi connectivity index (χ4n) is 3.66. The maximum Gasteiger partial charge on any atom is 0.303 e. The first kappa shape index (κ1) is 26.6. The lowest BCUT2D eigenvalue weighted by Gasteiger charge is -2.35. The number of rotatable bonds is 11. The minimum absolute atomic E-state index is 0. The summed E-state index contributed by atoms with van der Waals surface area (Å²) in [6.07, 6.45) is 3.34. The van der Waals surface area contributed by atoms with Crippen LogP contribution in [0.15, 0.2) is 12.1 Å². The molecule has 1 saturated heterocycles. The molecule has 2 aliphatic rings. The molecule has 0 radical (unpaired) electrons. The fourth-order valence-corrected chi connectivity index (χ4v) is 3.66. The predicted molar refractivity (Wildman–Crippen MR) is 121 cm³/mol. The zero-order valence-electron chi connectivity index (χ0n) is 17.8. The van der Waals surface area contributed by atoms with Crippen molar-refractivity contribution in [2.75, 3.05) is 53.6 Å². The number of hydrogen-bond acceptors (Lipinski definition) is 6. The molecule has 1 aliphatic heterocycles. The summed E-state index contributed by atoms with van der Waals surface area (Å²) >= 11 is 0. The number of halogens is 2. The van der Waals surface area contributed by atoms with E-state index in [2.05, 4.69) is 9.80 Å². The maximum absolute atomic E-state index is 10.8. The molecule has 172 valence electrons. The molecule has 1 N–H and O–H groups in total. The predicted octanol–water partition coefficient (Wildman–Crippen LogP) is 3.32. The first-order chi connectivity index (χ1) is 13.6. The van der Waals surface area contributed by atoms with Crippen LogP contribution >= 0.6 is 24.8 Å². The van der Waals surface area contributed by atoms with Crippen LogP contribution in [0.4, 0.5) is 0 Å². The minimum Gasteiger partial charge on any atom is -0.493 e. The average molecular weight is 465 g/mol. The summed E-state index contributed by atoms with van der Waals surface area (Å²) in [5, 5.41) is 8.83. The van der Waals surface area contributed by atoms with E-state index in [9.17, 15) is 4.79 Å². The van der Waals surface area contributed by atoms with Crippen LogP contribution in [0.5, 0.6) is 17.2 Å². The molecule has 1 saturated carbocycles. The van der Waals surface area contributed by atoms with Crippen LogP contribution in [-0.4, -0.2) is 74.4 Å². The molecule has 7 nitrogen and oxygen atoms in total. The highest BCUT2D eigenvalue weighted by Gasteiger charge is 2.27. The molecule has 9 heteroatoms. The monoisotopic (exact) mass is 464 g/mol. The van der Waals surface area contributed by atoms with Gasteiger partial charge in [0.05, 0.1) is 20.8 Å². The molecular weight excluding hydrogens is 431 g/mol. The highest BCUT2D eigenvalue weighted by atomic mass is 35.5. The van der Waals surface area contributed by atoms with Crippen molar-refractivity contribution in [3.05, 3.63) is 17.7 Å². The van der Waals surface area contributed by atoms with Gasteiger partial charge in [0, 0.05) is 51.3 Å². The molecule has 3 rings (SSSR count). The van der Waals surface area contributed by atoms with Gasteiger partial charge in [-0.15, -0.1) is 24.8 Å². The second-order valence-corrected chi connectivity index (χ2v) is 7.66. The first-order valence-corrected chi connectivity index (χ1v) is 10.1. The van der Waals surface area contributed by atoms with E-state index in [1.807, 2.05) is 12.1 Å². The number of hydrogen-bond donors (Lipinski definition) is 1. The van der Waals surface area contributed by atoms with Crippen LogP contribution in [0.3, 0.4) is 0 Å². The first-order valence-electron chi connectivity index (χ1n) is 10.1. The molecule has 1 heterocycles. The van der Waals surface area contributed by atoms with Crippen molar-refractivity contribution < 1.29 is 24.1 Å². The Balaban J connectivity index is 0.00000225. The number of carboxylic acids is 1. The largest absolute Gasteiger partial charge is 0.493 e. The molecule has 1 aliphatic carbocycles. The Morgan fingerprint density at radius 1 is 1.03 bits per heavy atom. The minimum atomic E-state index is -0.814. The Hall–Kier alpha value is -1.41. The van der Waals surface area contributed by atoms with Crippen molar-refractivity contribution in [2.45, 2.75) is 32.2 Å². The van der Waals surface area contributed by atoms with Crippen molar-refractivity contribution in [2.24, 2.45) is 5.92 Å². The Morgan fingerprint density at radius 3 is 2.27 bits per heavy atom. The van der Waals surface area contributed by atoms with E-state index in [1.165, 1.54) is 19.4 Å². The van der Waals surface area contributed by atoms with Crippen molar-refractivity contribution in [1.82, 2.24) is 9.80 Å². The van der Waals surface area contributed by atoms with Gasteiger partial charge in [-0.1, -0.05) is 6.07 Å². The van der Waals surface area contributed by atoms with Crippen molar-refractivity contribution in [1.29, 1.82) is 0 Å². The second-order valence-electron chi connectivity index (χ2n) is 7.66. The van der Waals surface area contributed by atoms with Crippen molar-refractivity contribution in [3.8, 4) is 17.2 Å². The quantitative estimate of drug-likeness (QED) is 0.503. The van der Waals surface area contributed by atoms with Crippen molar-refractivity contribution >= 4 is 30.8 Å². The third kappa shape index (κ3) is 7.69. The number of benzene rings is 1.